The Bertz CT molecular complexity index is 909. The summed E-state index contributed by atoms with van der Waals surface area (Å²) in [5.41, 5.74) is 2.91. The Morgan fingerprint density at radius 2 is 2.41 bits per heavy atom. The first kappa shape index (κ1) is 17.5. The monoisotopic (exact) mass is 384 g/mol. The van der Waals surface area contributed by atoms with Crippen LogP contribution in [-0.2, 0) is 13.5 Å². The van der Waals surface area contributed by atoms with Crippen LogP contribution in [0.4, 0.5) is 4.79 Å². The lowest BCUT2D eigenvalue weighted by molar-refractivity contribution is 0.179. The van der Waals surface area contributed by atoms with E-state index in [9.17, 15) is 4.79 Å². The van der Waals surface area contributed by atoms with Crippen molar-refractivity contribution in [2.45, 2.75) is 17.6 Å². The van der Waals surface area contributed by atoms with Gasteiger partial charge in [-0.3, -0.25) is 4.98 Å². The maximum Gasteiger partial charge on any atom is 0.318 e. The number of H-pyrrole nitrogens is 1. The molecule has 27 heavy (non-hydrogen) atoms. The lowest BCUT2D eigenvalue weighted by atomic mass is 9.97. The molecular weight excluding hydrogens is 364 g/mol. The van der Waals surface area contributed by atoms with E-state index in [4.69, 9.17) is 0 Å². The van der Waals surface area contributed by atoms with Gasteiger partial charge in [-0.15, -0.1) is 10.2 Å². The molecule has 2 N–H and O–H groups in total. The maximum absolute atomic E-state index is 12.9. The molecule has 4 heterocycles. The van der Waals surface area contributed by atoms with Crippen LogP contribution < -0.4 is 5.32 Å². The first-order valence-electron chi connectivity index (χ1n) is 8.67. The van der Waals surface area contributed by atoms with Gasteiger partial charge in [-0.05, 0) is 11.6 Å². The van der Waals surface area contributed by atoms with Crippen molar-refractivity contribution in [1.29, 1.82) is 0 Å². The Balaban J connectivity index is 1.43. The van der Waals surface area contributed by atoms with Crippen LogP contribution in [0.15, 0.2) is 42.3 Å². The minimum atomic E-state index is -0.236. The lowest BCUT2D eigenvalue weighted by Crippen LogP contribution is -2.46. The van der Waals surface area contributed by atoms with Gasteiger partial charge >= 0.3 is 6.03 Å². The molecule has 3 aromatic rings. The van der Waals surface area contributed by atoms with E-state index in [0.29, 0.717) is 13.1 Å². The van der Waals surface area contributed by atoms with Gasteiger partial charge in [0.25, 0.3) is 0 Å². The molecular formula is C17H20N8OS. The number of amides is 2. The molecule has 4 rings (SSSR count). The molecule has 0 spiro atoms. The van der Waals surface area contributed by atoms with Gasteiger partial charge < -0.3 is 19.8 Å². The average Bonchev–Trinajstić information content (AvgIpc) is 3.33. The van der Waals surface area contributed by atoms with Crippen molar-refractivity contribution in [2.24, 2.45) is 7.05 Å². The zero-order valence-electron chi connectivity index (χ0n) is 14.9. The third-order valence-electron chi connectivity index (χ3n) is 4.47. The summed E-state index contributed by atoms with van der Waals surface area (Å²) in [4.78, 5) is 26.5. The highest BCUT2D eigenvalue weighted by Crippen LogP contribution is 2.32. The number of aromatic amines is 1. The number of imidazole rings is 1. The van der Waals surface area contributed by atoms with Crippen LogP contribution in [0.25, 0.3) is 0 Å². The largest absolute Gasteiger partial charge is 0.348 e. The highest BCUT2D eigenvalue weighted by Gasteiger charge is 2.34. The molecule has 3 aromatic heterocycles. The van der Waals surface area contributed by atoms with Crippen LogP contribution in [0, 0.1) is 0 Å². The van der Waals surface area contributed by atoms with Crippen LogP contribution in [0.2, 0.25) is 0 Å². The number of hydrogen-bond acceptors (Lipinski definition) is 6. The lowest BCUT2D eigenvalue weighted by Gasteiger charge is -2.35. The minimum absolute atomic E-state index is 0.101. The van der Waals surface area contributed by atoms with Gasteiger partial charge in [0.1, 0.15) is 12.4 Å². The van der Waals surface area contributed by atoms with E-state index < -0.39 is 0 Å². The van der Waals surface area contributed by atoms with Crippen molar-refractivity contribution in [2.75, 3.05) is 18.8 Å². The predicted molar refractivity (Wildman–Crippen MR) is 100 cm³/mol. The van der Waals surface area contributed by atoms with E-state index in [2.05, 4.69) is 30.5 Å². The number of aryl methyl sites for hydroxylation is 1. The van der Waals surface area contributed by atoms with Gasteiger partial charge in [-0.2, -0.15) is 0 Å². The summed E-state index contributed by atoms with van der Waals surface area (Å²) < 4.78 is 1.86. The molecule has 2 amide bonds. The molecule has 0 saturated carbocycles. The van der Waals surface area contributed by atoms with E-state index >= 15 is 0 Å². The summed E-state index contributed by atoms with van der Waals surface area (Å²) >= 11 is 1.56. The SMILES string of the molecule is Cn1cnnc1SCCNC(=O)N1CCc2[nH]cnc2[C@@H]1c1cccnc1. The van der Waals surface area contributed by atoms with Crippen molar-refractivity contribution >= 4 is 17.8 Å². The smallest absolute Gasteiger partial charge is 0.318 e. The number of aromatic nitrogens is 6. The second-order valence-corrected chi connectivity index (χ2v) is 7.27. The number of nitrogens with zero attached hydrogens (tertiary/aromatic N) is 6. The standard InChI is InChI=1S/C17H20N8OS/c1-24-11-22-23-17(24)27-8-6-19-16(26)25-7-4-13-14(21-10-20-13)15(25)12-3-2-5-18-9-12/h2-3,5,9-11,15H,4,6-8H2,1H3,(H,19,26)(H,20,21)/t15-/m0/s1. The number of hydrogen-bond donors (Lipinski definition) is 2. The second kappa shape index (κ2) is 7.78. The van der Waals surface area contributed by atoms with Crippen LogP contribution in [0.1, 0.15) is 23.0 Å². The van der Waals surface area contributed by atoms with Crippen molar-refractivity contribution in [3.05, 3.63) is 54.1 Å². The zero-order chi connectivity index (χ0) is 18.6. The Morgan fingerprint density at radius 1 is 1.48 bits per heavy atom. The molecule has 0 bridgehead atoms. The fourth-order valence-corrected chi connectivity index (χ4v) is 3.92. The number of nitrogens with one attached hydrogen (secondary N) is 2. The minimum Gasteiger partial charge on any atom is -0.348 e. The number of thioether (sulfide) groups is 1. The molecule has 0 aromatic carbocycles. The molecule has 1 atom stereocenters. The third-order valence-corrected chi connectivity index (χ3v) is 5.50. The number of carbonyl (C=O) groups is 1. The quantitative estimate of drug-likeness (QED) is 0.509. The first-order valence-corrected chi connectivity index (χ1v) is 9.66. The maximum atomic E-state index is 12.9. The van der Waals surface area contributed by atoms with Gasteiger partial charge in [-0.1, -0.05) is 17.8 Å². The summed E-state index contributed by atoms with van der Waals surface area (Å²) in [6.45, 7) is 1.16. The van der Waals surface area contributed by atoms with Crippen molar-refractivity contribution in [3.63, 3.8) is 0 Å². The van der Waals surface area contributed by atoms with E-state index in [1.165, 1.54) is 0 Å². The summed E-state index contributed by atoms with van der Waals surface area (Å²) in [7, 11) is 1.90. The fraction of sp³-hybridized carbons (Fsp3) is 0.353. The highest BCUT2D eigenvalue weighted by atomic mass is 32.2. The fourth-order valence-electron chi connectivity index (χ4n) is 3.18. The molecule has 0 radical (unpaired) electrons. The van der Waals surface area contributed by atoms with Crippen molar-refractivity contribution < 1.29 is 4.79 Å². The molecule has 0 unspecified atom stereocenters. The number of carbonyl (C=O) groups excluding carboxylic acids is 1. The van der Waals surface area contributed by atoms with Crippen molar-refractivity contribution in [3.8, 4) is 0 Å². The van der Waals surface area contributed by atoms with Crippen molar-refractivity contribution in [1.82, 2.24) is 39.9 Å². The number of rotatable bonds is 5. The van der Waals surface area contributed by atoms with E-state index in [-0.39, 0.29) is 12.1 Å². The molecule has 9 nitrogen and oxygen atoms in total. The van der Waals surface area contributed by atoms with E-state index in [0.717, 1.165) is 34.3 Å². The van der Waals surface area contributed by atoms with Gasteiger partial charge in [0, 0.05) is 50.4 Å². The van der Waals surface area contributed by atoms with Crippen LogP contribution >= 0.6 is 11.8 Å². The topological polar surface area (TPSA) is 105 Å². The summed E-state index contributed by atoms with van der Waals surface area (Å²) in [6, 6.07) is 3.52. The summed E-state index contributed by atoms with van der Waals surface area (Å²) in [5.74, 6) is 0.720. The number of urea groups is 1. The van der Waals surface area contributed by atoms with Crippen LogP contribution in [0.3, 0.4) is 0 Å². The van der Waals surface area contributed by atoms with Gasteiger partial charge in [-0.25, -0.2) is 9.78 Å². The second-order valence-electron chi connectivity index (χ2n) is 6.20. The normalized spacial score (nSPS) is 16.2. The average molecular weight is 384 g/mol. The van der Waals surface area contributed by atoms with Crippen LogP contribution in [0.5, 0.6) is 0 Å². The molecule has 140 valence electrons. The molecule has 0 aliphatic carbocycles. The van der Waals surface area contributed by atoms with Crippen LogP contribution in [-0.4, -0.2) is 59.5 Å². The van der Waals surface area contributed by atoms with E-state index in [1.54, 1.807) is 36.8 Å². The number of fused-ring (bicyclic) bond motifs is 1. The summed E-state index contributed by atoms with van der Waals surface area (Å²) in [5, 5.41) is 11.7. The third kappa shape index (κ3) is 3.65. The van der Waals surface area contributed by atoms with E-state index in [1.807, 2.05) is 28.6 Å². The van der Waals surface area contributed by atoms with Gasteiger partial charge in [0.2, 0.25) is 0 Å². The van der Waals surface area contributed by atoms with Gasteiger partial charge in [0.05, 0.1) is 12.0 Å². The Hall–Kier alpha value is -2.88. The molecule has 1 aliphatic heterocycles. The predicted octanol–water partition coefficient (Wildman–Crippen LogP) is 1.38. The highest BCUT2D eigenvalue weighted by molar-refractivity contribution is 7.99. The number of pyridine rings is 1. The molecule has 1 aliphatic rings. The zero-order valence-corrected chi connectivity index (χ0v) is 15.7. The summed E-state index contributed by atoms with van der Waals surface area (Å²) in [6.07, 6.45) is 7.62. The Morgan fingerprint density at radius 3 is 3.19 bits per heavy atom. The molecule has 0 saturated heterocycles. The molecule has 0 fully saturated rings. The van der Waals surface area contributed by atoms with Gasteiger partial charge in [0.15, 0.2) is 5.16 Å². The molecule has 10 heteroatoms. The Kier molecular flexibility index (Phi) is 5.05. The first-order chi connectivity index (χ1) is 13.2. The Labute approximate surface area is 160 Å².